The van der Waals surface area contributed by atoms with Gasteiger partial charge in [0.25, 0.3) is 5.91 Å². The predicted molar refractivity (Wildman–Crippen MR) is 80.8 cm³/mol. The van der Waals surface area contributed by atoms with Crippen LogP contribution in [-0.4, -0.2) is 31.2 Å². The Morgan fingerprint density at radius 2 is 2.09 bits per heavy atom. The molecule has 1 aromatic carbocycles. The van der Waals surface area contributed by atoms with E-state index < -0.39 is 18.0 Å². The van der Waals surface area contributed by atoms with Gasteiger partial charge in [-0.3, -0.25) is 4.79 Å². The summed E-state index contributed by atoms with van der Waals surface area (Å²) >= 11 is 6.14. The normalized spacial score (nSPS) is 15.2. The van der Waals surface area contributed by atoms with E-state index in [9.17, 15) is 9.59 Å². The van der Waals surface area contributed by atoms with Crippen molar-refractivity contribution in [3.05, 3.63) is 28.8 Å². The van der Waals surface area contributed by atoms with Gasteiger partial charge in [-0.2, -0.15) is 0 Å². The Kier molecular flexibility index (Phi) is 5.27. The molecular formula is C15H16ClNO5. The molecular weight excluding hydrogens is 310 g/mol. The van der Waals surface area contributed by atoms with Crippen molar-refractivity contribution in [1.82, 2.24) is 0 Å². The number of fused-ring (bicyclic) bond motifs is 1. The minimum Gasteiger partial charge on any atom is -0.489 e. The van der Waals surface area contributed by atoms with Gasteiger partial charge in [0.2, 0.25) is 0 Å². The molecule has 6 nitrogen and oxygen atoms in total. The fourth-order valence-electron chi connectivity index (χ4n) is 1.78. The zero-order chi connectivity index (χ0) is 16.1. The molecule has 1 aliphatic rings. The number of hydrogen-bond donors (Lipinski definition) is 1. The summed E-state index contributed by atoms with van der Waals surface area (Å²) in [5, 5.41) is 0.401. The molecule has 22 heavy (non-hydrogen) atoms. The quantitative estimate of drug-likeness (QED) is 0.675. The highest BCUT2D eigenvalue weighted by Gasteiger charge is 2.15. The van der Waals surface area contributed by atoms with Crippen LogP contribution in [0, 0.1) is 0 Å². The summed E-state index contributed by atoms with van der Waals surface area (Å²) in [4.78, 5) is 22.4. The maximum Gasteiger partial charge on any atom is 0.331 e. The molecule has 1 aromatic rings. The first-order valence-electron chi connectivity index (χ1n) is 6.74. The van der Waals surface area contributed by atoms with Crippen LogP contribution in [-0.2, 0) is 14.3 Å². The van der Waals surface area contributed by atoms with E-state index in [1.54, 1.807) is 12.1 Å². The number of rotatable bonds is 4. The SMILES string of the molecule is C[C@@H](OC(=O)/C=C/c1cc(Cl)c2c(c1)OCCCO2)C(N)=O. The highest BCUT2D eigenvalue weighted by molar-refractivity contribution is 6.32. The van der Waals surface area contributed by atoms with Gasteiger partial charge >= 0.3 is 5.97 Å². The van der Waals surface area contributed by atoms with Crippen LogP contribution in [0.1, 0.15) is 18.9 Å². The van der Waals surface area contributed by atoms with Crippen LogP contribution in [0.2, 0.25) is 5.02 Å². The maximum atomic E-state index is 11.6. The summed E-state index contributed by atoms with van der Waals surface area (Å²) in [5.41, 5.74) is 5.67. The third kappa shape index (κ3) is 4.14. The van der Waals surface area contributed by atoms with Crippen molar-refractivity contribution >= 4 is 29.6 Å². The van der Waals surface area contributed by atoms with E-state index >= 15 is 0 Å². The van der Waals surface area contributed by atoms with E-state index in [1.165, 1.54) is 19.1 Å². The Balaban J connectivity index is 2.11. The standard InChI is InChI=1S/C15H16ClNO5/c1-9(15(17)19)22-13(18)4-3-10-7-11(16)14-12(8-10)20-5-2-6-21-14/h3-4,7-9H,2,5-6H2,1H3,(H2,17,19)/b4-3+/t9-/m1/s1. The summed E-state index contributed by atoms with van der Waals surface area (Å²) in [6.45, 7) is 2.48. The highest BCUT2D eigenvalue weighted by Crippen LogP contribution is 2.38. The lowest BCUT2D eigenvalue weighted by molar-refractivity contribution is -0.148. The monoisotopic (exact) mass is 325 g/mol. The minimum absolute atomic E-state index is 0.401. The number of carbonyl (C=O) groups is 2. The van der Waals surface area contributed by atoms with Crippen LogP contribution in [0.3, 0.4) is 0 Å². The van der Waals surface area contributed by atoms with Crippen molar-refractivity contribution in [2.24, 2.45) is 5.73 Å². The van der Waals surface area contributed by atoms with Crippen LogP contribution in [0.5, 0.6) is 11.5 Å². The van der Waals surface area contributed by atoms with Gasteiger partial charge in [-0.1, -0.05) is 11.6 Å². The lowest BCUT2D eigenvalue weighted by atomic mass is 10.2. The van der Waals surface area contributed by atoms with Crippen molar-refractivity contribution in [2.75, 3.05) is 13.2 Å². The van der Waals surface area contributed by atoms with Crippen LogP contribution in [0.4, 0.5) is 0 Å². The van der Waals surface area contributed by atoms with Crippen molar-refractivity contribution in [2.45, 2.75) is 19.4 Å². The fourth-order valence-corrected chi connectivity index (χ4v) is 2.06. The van der Waals surface area contributed by atoms with Crippen molar-refractivity contribution < 1.29 is 23.8 Å². The van der Waals surface area contributed by atoms with Crippen LogP contribution in [0.15, 0.2) is 18.2 Å². The van der Waals surface area contributed by atoms with E-state index in [0.717, 1.165) is 6.42 Å². The molecule has 0 unspecified atom stereocenters. The molecule has 1 atom stereocenters. The molecule has 0 aliphatic carbocycles. The number of benzene rings is 1. The Morgan fingerprint density at radius 3 is 2.82 bits per heavy atom. The third-order valence-electron chi connectivity index (χ3n) is 2.93. The highest BCUT2D eigenvalue weighted by atomic mass is 35.5. The second kappa shape index (κ2) is 7.17. The van der Waals surface area contributed by atoms with Gasteiger partial charge in [0.05, 0.1) is 18.2 Å². The number of hydrogen-bond acceptors (Lipinski definition) is 5. The lowest BCUT2D eigenvalue weighted by Crippen LogP contribution is -2.29. The molecule has 0 spiro atoms. The largest absolute Gasteiger partial charge is 0.489 e. The average Bonchev–Trinajstić information content (AvgIpc) is 2.70. The summed E-state index contributed by atoms with van der Waals surface area (Å²) in [7, 11) is 0. The van der Waals surface area contributed by atoms with E-state index in [1.807, 2.05) is 0 Å². The van der Waals surface area contributed by atoms with Crippen LogP contribution < -0.4 is 15.2 Å². The van der Waals surface area contributed by atoms with E-state index in [4.69, 9.17) is 31.5 Å². The molecule has 0 fully saturated rings. The fraction of sp³-hybridized carbons (Fsp3) is 0.333. The molecule has 0 bridgehead atoms. The Bertz CT molecular complexity index is 614. The average molecular weight is 326 g/mol. The van der Waals surface area contributed by atoms with Gasteiger partial charge in [-0.25, -0.2) is 4.79 Å². The number of esters is 1. The Labute approximate surface area is 132 Å². The van der Waals surface area contributed by atoms with Crippen LogP contribution in [0.25, 0.3) is 6.08 Å². The number of nitrogens with two attached hydrogens (primary N) is 1. The van der Waals surface area contributed by atoms with Crippen LogP contribution >= 0.6 is 11.6 Å². The topological polar surface area (TPSA) is 87.8 Å². The minimum atomic E-state index is -0.982. The van der Waals surface area contributed by atoms with Crippen molar-refractivity contribution in [3.8, 4) is 11.5 Å². The smallest absolute Gasteiger partial charge is 0.331 e. The van der Waals surface area contributed by atoms with Gasteiger partial charge < -0.3 is 19.9 Å². The molecule has 1 amide bonds. The second-order valence-corrected chi connectivity index (χ2v) is 5.10. The maximum absolute atomic E-state index is 11.6. The second-order valence-electron chi connectivity index (χ2n) is 4.70. The Hall–Kier alpha value is -2.21. The summed E-state index contributed by atoms with van der Waals surface area (Å²) in [6.07, 6.45) is 2.49. The summed E-state index contributed by atoms with van der Waals surface area (Å²) < 4.78 is 15.9. The zero-order valence-corrected chi connectivity index (χ0v) is 12.8. The molecule has 2 N–H and O–H groups in total. The molecule has 7 heteroatoms. The van der Waals surface area contributed by atoms with Crippen molar-refractivity contribution in [1.29, 1.82) is 0 Å². The predicted octanol–water partition coefficient (Wildman–Crippen LogP) is 1.93. The van der Waals surface area contributed by atoms with E-state index in [-0.39, 0.29) is 0 Å². The molecule has 0 saturated heterocycles. The van der Waals surface area contributed by atoms with Gasteiger partial charge in [0, 0.05) is 12.5 Å². The summed E-state index contributed by atoms with van der Waals surface area (Å²) in [6, 6.07) is 3.37. The molecule has 118 valence electrons. The number of carbonyl (C=O) groups excluding carboxylic acids is 2. The van der Waals surface area contributed by atoms with E-state index in [2.05, 4.69) is 0 Å². The molecule has 2 rings (SSSR count). The third-order valence-corrected chi connectivity index (χ3v) is 3.21. The number of primary amides is 1. The lowest BCUT2D eigenvalue weighted by Gasteiger charge is -2.10. The number of halogens is 1. The molecule has 0 aromatic heterocycles. The molecule has 0 saturated carbocycles. The molecule has 1 aliphatic heterocycles. The van der Waals surface area contributed by atoms with Gasteiger partial charge in [0.15, 0.2) is 17.6 Å². The zero-order valence-electron chi connectivity index (χ0n) is 12.0. The number of ether oxygens (including phenoxy) is 3. The van der Waals surface area contributed by atoms with E-state index in [0.29, 0.717) is 35.3 Å². The van der Waals surface area contributed by atoms with Gasteiger partial charge in [-0.05, 0) is 30.7 Å². The first-order chi connectivity index (χ1) is 10.5. The number of amides is 1. The molecule has 1 heterocycles. The first-order valence-corrected chi connectivity index (χ1v) is 7.12. The molecule has 0 radical (unpaired) electrons. The summed E-state index contributed by atoms with van der Waals surface area (Å²) in [5.74, 6) is -0.348. The first kappa shape index (κ1) is 16.2. The Morgan fingerprint density at radius 1 is 1.36 bits per heavy atom. The van der Waals surface area contributed by atoms with Crippen molar-refractivity contribution in [3.63, 3.8) is 0 Å². The van der Waals surface area contributed by atoms with Gasteiger partial charge in [-0.15, -0.1) is 0 Å². The van der Waals surface area contributed by atoms with Gasteiger partial charge in [0.1, 0.15) is 0 Å².